The van der Waals surface area contributed by atoms with Gasteiger partial charge in [0.25, 0.3) is 0 Å². The van der Waals surface area contributed by atoms with Crippen LogP contribution in [0.2, 0.25) is 0 Å². The summed E-state index contributed by atoms with van der Waals surface area (Å²) in [5.74, 6) is -1.36. The summed E-state index contributed by atoms with van der Waals surface area (Å²) in [6.07, 6.45) is 1.53. The highest BCUT2D eigenvalue weighted by Crippen LogP contribution is 2.16. The molecule has 1 aliphatic heterocycles. The molecule has 16 heavy (non-hydrogen) atoms. The molecule has 4 N–H and O–H groups in total. The van der Waals surface area contributed by atoms with Crippen molar-refractivity contribution in [3.8, 4) is 0 Å². The molecule has 0 aromatic carbocycles. The van der Waals surface area contributed by atoms with Crippen LogP contribution in [0.25, 0.3) is 0 Å². The van der Waals surface area contributed by atoms with Gasteiger partial charge < -0.3 is 21.1 Å². The molecule has 1 atom stereocenters. The lowest BCUT2D eigenvalue weighted by atomic mass is 10.2. The average Bonchev–Trinajstić information content (AvgIpc) is 2.72. The van der Waals surface area contributed by atoms with Crippen molar-refractivity contribution >= 4 is 29.0 Å². The first-order valence-electron chi connectivity index (χ1n) is 5.04. The summed E-state index contributed by atoms with van der Waals surface area (Å²) in [6, 6.07) is -0.247. The molecule has 1 rings (SSSR count). The minimum Gasteiger partial charge on any atom is -0.394 e. The number of amides is 2. The predicted octanol–water partition coefficient (Wildman–Crippen LogP) is -1.63. The fourth-order valence-corrected chi connectivity index (χ4v) is 1.74. The molecule has 1 unspecified atom stereocenters. The second kappa shape index (κ2) is 5.76. The van der Waals surface area contributed by atoms with E-state index in [0.29, 0.717) is 6.54 Å². The third-order valence-corrected chi connectivity index (χ3v) is 2.61. The van der Waals surface area contributed by atoms with Crippen LogP contribution in [-0.4, -0.2) is 52.5 Å². The van der Waals surface area contributed by atoms with E-state index < -0.39 is 11.8 Å². The van der Waals surface area contributed by atoms with Crippen molar-refractivity contribution < 1.29 is 14.7 Å². The minimum atomic E-state index is -0.729. The summed E-state index contributed by atoms with van der Waals surface area (Å²) < 4.78 is 0. The minimum absolute atomic E-state index is 0.0114. The number of carbonyl (C=O) groups excluding carboxylic acids is 2. The SMILES string of the molecule is NC(=S)CNC(=O)C(=O)N1CCCC1CO. The van der Waals surface area contributed by atoms with Crippen molar-refractivity contribution in [2.45, 2.75) is 18.9 Å². The van der Waals surface area contributed by atoms with Gasteiger partial charge in [0.2, 0.25) is 0 Å². The van der Waals surface area contributed by atoms with Gasteiger partial charge in [0.1, 0.15) is 0 Å². The maximum atomic E-state index is 11.6. The van der Waals surface area contributed by atoms with Gasteiger partial charge in [-0.3, -0.25) is 9.59 Å². The fraction of sp³-hybridized carbons (Fsp3) is 0.667. The number of thiocarbonyl (C=S) groups is 1. The zero-order chi connectivity index (χ0) is 12.1. The lowest BCUT2D eigenvalue weighted by molar-refractivity contribution is -0.146. The van der Waals surface area contributed by atoms with Crippen molar-refractivity contribution in [1.29, 1.82) is 0 Å². The highest BCUT2D eigenvalue weighted by molar-refractivity contribution is 7.80. The first-order chi connectivity index (χ1) is 7.56. The summed E-state index contributed by atoms with van der Waals surface area (Å²) in [4.78, 5) is 24.6. The molecule has 0 radical (unpaired) electrons. The molecule has 0 aliphatic carbocycles. The third-order valence-electron chi connectivity index (χ3n) is 2.47. The van der Waals surface area contributed by atoms with E-state index in [1.54, 1.807) is 0 Å². The molecule has 0 saturated carbocycles. The molecular formula is C9H15N3O3S. The lowest BCUT2D eigenvalue weighted by Gasteiger charge is -2.22. The molecule has 1 fully saturated rings. The second-order valence-electron chi connectivity index (χ2n) is 3.63. The Morgan fingerprint density at radius 2 is 2.25 bits per heavy atom. The summed E-state index contributed by atoms with van der Waals surface area (Å²) in [6.45, 7) is 0.399. The highest BCUT2D eigenvalue weighted by atomic mass is 32.1. The Bertz CT molecular complexity index is 308. The van der Waals surface area contributed by atoms with Crippen molar-refractivity contribution in [2.75, 3.05) is 19.7 Å². The van der Waals surface area contributed by atoms with E-state index in [2.05, 4.69) is 17.5 Å². The van der Waals surface area contributed by atoms with E-state index in [1.165, 1.54) is 4.90 Å². The van der Waals surface area contributed by atoms with E-state index in [1.807, 2.05) is 0 Å². The molecule has 2 amide bonds. The van der Waals surface area contributed by atoms with E-state index in [4.69, 9.17) is 10.8 Å². The molecule has 7 heteroatoms. The van der Waals surface area contributed by atoms with Crippen LogP contribution in [0.4, 0.5) is 0 Å². The van der Waals surface area contributed by atoms with Gasteiger partial charge in [-0.2, -0.15) is 0 Å². The van der Waals surface area contributed by atoms with Gasteiger partial charge in [0.05, 0.1) is 24.2 Å². The number of hydrogen-bond donors (Lipinski definition) is 3. The molecule has 0 aromatic rings. The number of likely N-dealkylation sites (tertiary alicyclic amines) is 1. The van der Waals surface area contributed by atoms with Gasteiger partial charge in [-0.05, 0) is 12.8 Å². The molecule has 1 saturated heterocycles. The van der Waals surface area contributed by atoms with Crippen molar-refractivity contribution in [2.24, 2.45) is 5.73 Å². The molecule has 1 aliphatic rings. The molecule has 1 heterocycles. The smallest absolute Gasteiger partial charge is 0.312 e. The fourth-order valence-electron chi connectivity index (χ4n) is 1.67. The van der Waals surface area contributed by atoms with Gasteiger partial charge in [-0.1, -0.05) is 12.2 Å². The molecular weight excluding hydrogens is 230 g/mol. The Morgan fingerprint density at radius 3 is 2.81 bits per heavy atom. The normalized spacial score (nSPS) is 19.6. The molecule has 0 spiro atoms. The van der Waals surface area contributed by atoms with Crippen LogP contribution < -0.4 is 11.1 Å². The van der Waals surface area contributed by atoms with Gasteiger partial charge in [0, 0.05) is 6.54 Å². The van der Waals surface area contributed by atoms with E-state index in [-0.39, 0.29) is 24.2 Å². The van der Waals surface area contributed by atoms with Crippen LogP contribution in [-0.2, 0) is 9.59 Å². The Balaban J connectivity index is 2.49. The molecule has 0 bridgehead atoms. The Hall–Kier alpha value is -1.21. The Morgan fingerprint density at radius 1 is 1.56 bits per heavy atom. The number of hydrogen-bond acceptors (Lipinski definition) is 4. The zero-order valence-corrected chi connectivity index (χ0v) is 9.63. The van der Waals surface area contributed by atoms with Crippen molar-refractivity contribution in [1.82, 2.24) is 10.2 Å². The first kappa shape index (κ1) is 12.9. The highest BCUT2D eigenvalue weighted by Gasteiger charge is 2.31. The van der Waals surface area contributed by atoms with Crippen LogP contribution in [0, 0.1) is 0 Å². The van der Waals surface area contributed by atoms with Crippen LogP contribution >= 0.6 is 12.2 Å². The van der Waals surface area contributed by atoms with Crippen molar-refractivity contribution in [3.05, 3.63) is 0 Å². The number of nitrogens with zero attached hydrogens (tertiary/aromatic N) is 1. The molecule has 90 valence electrons. The summed E-state index contributed by atoms with van der Waals surface area (Å²) in [5.41, 5.74) is 5.20. The maximum Gasteiger partial charge on any atom is 0.312 e. The Kier molecular flexibility index (Phi) is 4.63. The lowest BCUT2D eigenvalue weighted by Crippen LogP contribution is -2.47. The second-order valence-corrected chi connectivity index (χ2v) is 4.15. The number of rotatable bonds is 3. The van der Waals surface area contributed by atoms with E-state index in [0.717, 1.165) is 12.8 Å². The number of nitrogens with two attached hydrogens (primary N) is 1. The van der Waals surface area contributed by atoms with Crippen LogP contribution in [0.3, 0.4) is 0 Å². The summed E-state index contributed by atoms with van der Waals surface area (Å²) in [7, 11) is 0. The third kappa shape index (κ3) is 3.14. The standard InChI is InChI=1S/C9H15N3O3S/c10-7(16)4-11-8(14)9(15)12-3-1-2-6(12)5-13/h6,13H,1-5H2,(H2,10,16)(H,11,14). The van der Waals surface area contributed by atoms with Crippen LogP contribution in [0.1, 0.15) is 12.8 Å². The average molecular weight is 245 g/mol. The topological polar surface area (TPSA) is 95.7 Å². The van der Waals surface area contributed by atoms with Gasteiger partial charge in [-0.25, -0.2) is 0 Å². The number of nitrogens with one attached hydrogen (secondary N) is 1. The Labute approximate surface area is 98.8 Å². The zero-order valence-electron chi connectivity index (χ0n) is 8.81. The van der Waals surface area contributed by atoms with E-state index >= 15 is 0 Å². The van der Waals surface area contributed by atoms with Crippen LogP contribution in [0.5, 0.6) is 0 Å². The largest absolute Gasteiger partial charge is 0.394 e. The van der Waals surface area contributed by atoms with Gasteiger partial charge >= 0.3 is 11.8 Å². The quantitative estimate of drug-likeness (QED) is 0.410. The monoisotopic (exact) mass is 245 g/mol. The number of carbonyl (C=O) groups is 2. The molecule has 0 aromatic heterocycles. The van der Waals surface area contributed by atoms with E-state index in [9.17, 15) is 9.59 Å². The summed E-state index contributed by atoms with van der Waals surface area (Å²) >= 11 is 4.58. The van der Waals surface area contributed by atoms with Gasteiger partial charge in [-0.15, -0.1) is 0 Å². The number of aliphatic hydroxyl groups excluding tert-OH is 1. The summed E-state index contributed by atoms with van der Waals surface area (Å²) in [5, 5.41) is 11.3. The predicted molar refractivity (Wildman–Crippen MR) is 61.6 cm³/mol. The van der Waals surface area contributed by atoms with Crippen LogP contribution in [0.15, 0.2) is 0 Å². The molecule has 6 nitrogen and oxygen atoms in total. The first-order valence-corrected chi connectivity index (χ1v) is 5.45. The van der Waals surface area contributed by atoms with Gasteiger partial charge in [0.15, 0.2) is 0 Å². The number of aliphatic hydroxyl groups is 1. The maximum absolute atomic E-state index is 11.6. The van der Waals surface area contributed by atoms with Crippen molar-refractivity contribution in [3.63, 3.8) is 0 Å².